The monoisotopic (exact) mass is 475 g/mol. The van der Waals surface area contributed by atoms with Crippen LogP contribution in [0.3, 0.4) is 0 Å². The van der Waals surface area contributed by atoms with E-state index in [4.69, 9.17) is 32.2 Å². The van der Waals surface area contributed by atoms with Gasteiger partial charge in [0.05, 0.1) is 11.2 Å². The Kier molecular flexibility index (Phi) is 7.29. The van der Waals surface area contributed by atoms with Crippen LogP contribution in [-0.2, 0) is 11.3 Å². The number of benzene rings is 3. The van der Waals surface area contributed by atoms with Crippen LogP contribution in [-0.4, -0.2) is 16.4 Å². The molecular formula is C26H22ClN3O2S. The molecule has 1 aromatic heterocycles. The van der Waals surface area contributed by atoms with E-state index in [1.165, 1.54) is 0 Å². The highest BCUT2D eigenvalue weighted by atomic mass is 35.5. The predicted molar refractivity (Wildman–Crippen MR) is 138 cm³/mol. The van der Waals surface area contributed by atoms with Crippen LogP contribution in [0.2, 0.25) is 5.02 Å². The van der Waals surface area contributed by atoms with Gasteiger partial charge in [-0.1, -0.05) is 60.1 Å². The second kappa shape index (κ2) is 10.5. The molecule has 0 saturated carbocycles. The molecule has 4 aromatic rings. The number of nitrogens with one attached hydrogen (secondary N) is 1. The fraction of sp³-hybridized carbons (Fsp3) is 0.0769. The molecule has 166 valence electrons. The smallest absolute Gasteiger partial charge is 0.216 e. The van der Waals surface area contributed by atoms with Crippen molar-refractivity contribution in [1.29, 1.82) is 5.41 Å². The molecular weight excluding hydrogens is 454 g/mol. The Morgan fingerprint density at radius 3 is 2.45 bits per heavy atom. The lowest BCUT2D eigenvalue weighted by Gasteiger charge is -2.14. The van der Waals surface area contributed by atoms with Gasteiger partial charge in [-0.25, -0.2) is 4.98 Å². The summed E-state index contributed by atoms with van der Waals surface area (Å²) in [5.74, 6) is 0.611. The van der Waals surface area contributed by atoms with Gasteiger partial charge in [0.2, 0.25) is 5.90 Å². The van der Waals surface area contributed by atoms with Crippen molar-refractivity contribution in [2.24, 2.45) is 5.73 Å². The number of hydrogen-bond donors (Lipinski definition) is 3. The summed E-state index contributed by atoms with van der Waals surface area (Å²) in [4.78, 5) is 4.63. The average Bonchev–Trinajstić information content (AvgIpc) is 2.82. The number of pyridine rings is 1. The zero-order valence-electron chi connectivity index (χ0n) is 17.6. The van der Waals surface area contributed by atoms with Crippen LogP contribution in [0, 0.1) is 5.41 Å². The van der Waals surface area contributed by atoms with Crippen LogP contribution < -0.4 is 10.5 Å². The first-order chi connectivity index (χ1) is 16.0. The Morgan fingerprint density at radius 1 is 1.00 bits per heavy atom. The van der Waals surface area contributed by atoms with E-state index in [2.05, 4.69) is 17.6 Å². The second-order valence-electron chi connectivity index (χ2n) is 7.26. The van der Waals surface area contributed by atoms with Crippen molar-refractivity contribution in [3.63, 3.8) is 0 Å². The Bertz CT molecular complexity index is 1290. The summed E-state index contributed by atoms with van der Waals surface area (Å²) in [6, 6.07) is 26.7. The van der Waals surface area contributed by atoms with Crippen LogP contribution in [0.4, 0.5) is 0 Å². The summed E-state index contributed by atoms with van der Waals surface area (Å²) in [5.41, 5.74) is 8.70. The number of para-hydroxylation sites is 1. The van der Waals surface area contributed by atoms with Gasteiger partial charge in [-0.2, -0.15) is 0 Å². The van der Waals surface area contributed by atoms with Crippen LogP contribution in [0.1, 0.15) is 16.8 Å². The quantitative estimate of drug-likeness (QED) is 0.0980. The van der Waals surface area contributed by atoms with Gasteiger partial charge in [-0.3, -0.25) is 11.1 Å². The molecule has 33 heavy (non-hydrogen) atoms. The van der Waals surface area contributed by atoms with E-state index in [0.29, 0.717) is 23.0 Å². The maximum absolute atomic E-state index is 8.33. The molecule has 0 spiro atoms. The van der Waals surface area contributed by atoms with E-state index < -0.39 is 5.56 Å². The van der Waals surface area contributed by atoms with Crippen molar-refractivity contribution in [3.8, 4) is 5.75 Å². The minimum atomic E-state index is -0.900. The van der Waals surface area contributed by atoms with Gasteiger partial charge in [0.25, 0.3) is 0 Å². The number of ether oxygens (including phenoxy) is 2. The van der Waals surface area contributed by atoms with E-state index in [1.54, 1.807) is 12.1 Å². The molecule has 0 amide bonds. The number of nitrogens with two attached hydrogens (primary N) is 1. The molecule has 1 atom stereocenters. The van der Waals surface area contributed by atoms with Gasteiger partial charge in [-0.05, 0) is 53.6 Å². The molecule has 7 heteroatoms. The zero-order valence-corrected chi connectivity index (χ0v) is 19.3. The van der Waals surface area contributed by atoms with Crippen molar-refractivity contribution in [2.45, 2.75) is 12.2 Å². The first-order valence-electron chi connectivity index (χ1n) is 10.2. The molecule has 4 rings (SSSR count). The average molecular weight is 476 g/mol. The Labute approximate surface area is 202 Å². The molecule has 1 unspecified atom stereocenters. The number of nitrogens with zero attached hydrogens (tertiary/aromatic N) is 1. The first kappa shape index (κ1) is 22.9. The van der Waals surface area contributed by atoms with E-state index >= 15 is 0 Å². The fourth-order valence-corrected chi connectivity index (χ4v) is 3.50. The highest BCUT2D eigenvalue weighted by Gasteiger charge is 2.13. The summed E-state index contributed by atoms with van der Waals surface area (Å²) in [5, 5.41) is 10.1. The van der Waals surface area contributed by atoms with Crippen molar-refractivity contribution >= 4 is 52.7 Å². The lowest BCUT2D eigenvalue weighted by Crippen LogP contribution is -2.21. The molecule has 0 saturated heterocycles. The number of hydrogen-bond acceptors (Lipinski definition) is 6. The molecule has 0 aliphatic carbocycles. The largest absolute Gasteiger partial charge is 0.487 e. The van der Waals surface area contributed by atoms with E-state index in [-0.39, 0.29) is 5.90 Å². The summed E-state index contributed by atoms with van der Waals surface area (Å²) in [7, 11) is 0. The number of rotatable bonds is 7. The molecule has 0 radical (unpaired) electrons. The summed E-state index contributed by atoms with van der Waals surface area (Å²) >= 11 is 10.0. The molecule has 0 aliphatic rings. The van der Waals surface area contributed by atoms with Gasteiger partial charge >= 0.3 is 0 Å². The third-order valence-electron chi connectivity index (χ3n) is 4.87. The molecule has 3 aromatic carbocycles. The van der Waals surface area contributed by atoms with E-state index in [9.17, 15) is 0 Å². The SMILES string of the molecule is N=C(OC(N)S)C(=Cc1ccc(Cl)cc1)c1ccc(OCc2ccc3ccccc3n2)cc1. The van der Waals surface area contributed by atoms with E-state index in [1.807, 2.05) is 78.9 Å². The number of halogens is 1. The molecule has 0 bridgehead atoms. The lowest BCUT2D eigenvalue weighted by molar-refractivity contribution is 0.287. The highest BCUT2D eigenvalue weighted by molar-refractivity contribution is 7.80. The van der Waals surface area contributed by atoms with Crippen molar-refractivity contribution < 1.29 is 9.47 Å². The summed E-state index contributed by atoms with van der Waals surface area (Å²) in [6.07, 6.45) is 1.84. The molecule has 0 fully saturated rings. The second-order valence-corrected chi connectivity index (χ2v) is 8.20. The van der Waals surface area contributed by atoms with Crippen molar-refractivity contribution in [2.75, 3.05) is 0 Å². The van der Waals surface area contributed by atoms with Gasteiger partial charge in [0.15, 0.2) is 5.56 Å². The standard InChI is InChI=1S/C26H22ClN3O2S/c27-20-10-5-17(6-11-20)15-23(25(28)32-26(29)33)18-8-13-22(14-9-18)31-16-21-12-7-19-3-1-2-4-24(19)30-21/h1-15,26,28,33H,16,29H2. The van der Waals surface area contributed by atoms with E-state index in [0.717, 1.165) is 27.7 Å². The van der Waals surface area contributed by atoms with Gasteiger partial charge in [0, 0.05) is 16.0 Å². The zero-order chi connectivity index (χ0) is 23.2. The molecule has 1 heterocycles. The maximum Gasteiger partial charge on any atom is 0.216 e. The summed E-state index contributed by atoms with van der Waals surface area (Å²) < 4.78 is 11.2. The minimum absolute atomic E-state index is 0.0820. The van der Waals surface area contributed by atoms with Crippen LogP contribution in [0.5, 0.6) is 5.75 Å². The van der Waals surface area contributed by atoms with Crippen LogP contribution in [0.15, 0.2) is 84.9 Å². The highest BCUT2D eigenvalue weighted by Crippen LogP contribution is 2.24. The fourth-order valence-electron chi connectivity index (χ4n) is 3.27. The van der Waals surface area contributed by atoms with Crippen molar-refractivity contribution in [3.05, 3.63) is 107 Å². The van der Waals surface area contributed by atoms with Gasteiger partial charge < -0.3 is 9.47 Å². The number of aromatic nitrogens is 1. The van der Waals surface area contributed by atoms with Crippen LogP contribution >= 0.6 is 24.2 Å². The lowest BCUT2D eigenvalue weighted by atomic mass is 10.0. The Balaban J connectivity index is 1.52. The van der Waals surface area contributed by atoms with Crippen molar-refractivity contribution in [1.82, 2.24) is 4.98 Å². The normalized spacial score (nSPS) is 12.4. The number of thiol groups is 1. The topological polar surface area (TPSA) is 81.2 Å². The first-order valence-corrected chi connectivity index (χ1v) is 11.1. The van der Waals surface area contributed by atoms with Crippen LogP contribution in [0.25, 0.3) is 22.6 Å². The van der Waals surface area contributed by atoms with Gasteiger partial charge in [-0.15, -0.1) is 12.6 Å². The minimum Gasteiger partial charge on any atom is -0.487 e. The maximum atomic E-state index is 8.33. The third kappa shape index (κ3) is 6.14. The number of fused-ring (bicyclic) bond motifs is 1. The molecule has 0 aliphatic heterocycles. The molecule has 3 N–H and O–H groups in total. The van der Waals surface area contributed by atoms with Gasteiger partial charge in [0.1, 0.15) is 12.4 Å². The molecule has 5 nitrogen and oxygen atoms in total. The predicted octanol–water partition coefficient (Wildman–Crippen LogP) is 6.17. The summed E-state index contributed by atoms with van der Waals surface area (Å²) in [6.45, 7) is 0.352. The Morgan fingerprint density at radius 2 is 1.73 bits per heavy atom. The third-order valence-corrected chi connectivity index (χ3v) is 5.23. The Hall–Kier alpha value is -3.32.